The van der Waals surface area contributed by atoms with Gasteiger partial charge in [0.25, 0.3) is 0 Å². The first-order chi connectivity index (χ1) is 14.5. The molecule has 1 aliphatic carbocycles. The fraction of sp³-hybridized carbons (Fsp3) is 0.261. The van der Waals surface area contributed by atoms with E-state index in [9.17, 15) is 9.90 Å². The first-order valence-electron chi connectivity index (χ1n) is 9.64. The van der Waals surface area contributed by atoms with Crippen molar-refractivity contribution in [2.24, 2.45) is 15.7 Å². The average molecular weight is 426 g/mol. The molecule has 3 rings (SSSR count). The summed E-state index contributed by atoms with van der Waals surface area (Å²) in [6.45, 7) is 0.461. The highest BCUT2D eigenvalue weighted by Gasteiger charge is 2.28. The van der Waals surface area contributed by atoms with E-state index in [4.69, 9.17) is 22.1 Å². The Labute approximate surface area is 180 Å². The van der Waals surface area contributed by atoms with E-state index >= 15 is 0 Å². The van der Waals surface area contributed by atoms with Crippen LogP contribution in [0.4, 0.5) is 0 Å². The van der Waals surface area contributed by atoms with E-state index in [1.807, 2.05) is 42.5 Å². The molecule has 0 saturated heterocycles. The largest absolute Gasteiger partial charge is 0.511 e. The maximum Gasteiger partial charge on any atom is 0.215 e. The Morgan fingerprint density at radius 2 is 1.97 bits per heavy atom. The number of guanidine groups is 1. The predicted molar refractivity (Wildman–Crippen MR) is 120 cm³/mol. The molecule has 1 unspecified atom stereocenters. The second kappa shape index (κ2) is 10.1. The lowest BCUT2D eigenvalue weighted by molar-refractivity contribution is -0.116. The number of aliphatic hydroxyl groups excluding tert-OH is 1. The van der Waals surface area contributed by atoms with Gasteiger partial charge in [-0.1, -0.05) is 41.9 Å². The summed E-state index contributed by atoms with van der Waals surface area (Å²) < 4.78 is 5.13. The van der Waals surface area contributed by atoms with Crippen LogP contribution in [-0.2, 0) is 11.2 Å². The highest BCUT2D eigenvalue weighted by Crippen LogP contribution is 2.36. The molecule has 3 N–H and O–H groups in total. The van der Waals surface area contributed by atoms with Gasteiger partial charge in [-0.05, 0) is 41.7 Å². The number of aliphatic imine (C=N–C) groups is 2. The van der Waals surface area contributed by atoms with Crippen LogP contribution in [0.5, 0.6) is 5.75 Å². The molecule has 1 atom stereocenters. The summed E-state index contributed by atoms with van der Waals surface area (Å²) in [4.78, 5) is 20.8. The minimum atomic E-state index is -0.196. The lowest BCUT2D eigenvalue weighted by atomic mass is 9.83. The van der Waals surface area contributed by atoms with E-state index in [2.05, 4.69) is 9.98 Å². The van der Waals surface area contributed by atoms with Crippen LogP contribution in [0.15, 0.2) is 69.8 Å². The van der Waals surface area contributed by atoms with Gasteiger partial charge in [-0.25, -0.2) is 4.99 Å². The molecular weight excluding hydrogens is 402 g/mol. The Balaban J connectivity index is 1.61. The number of benzene rings is 2. The maximum absolute atomic E-state index is 12.5. The van der Waals surface area contributed by atoms with E-state index in [0.717, 1.165) is 16.9 Å². The summed E-state index contributed by atoms with van der Waals surface area (Å²) in [6.07, 6.45) is 2.58. The van der Waals surface area contributed by atoms with Crippen LogP contribution in [0.2, 0.25) is 5.02 Å². The van der Waals surface area contributed by atoms with Crippen LogP contribution < -0.4 is 10.5 Å². The van der Waals surface area contributed by atoms with Crippen molar-refractivity contribution in [3.05, 3.63) is 76.0 Å². The Morgan fingerprint density at radius 3 is 2.63 bits per heavy atom. The quantitative estimate of drug-likeness (QED) is 0.534. The minimum Gasteiger partial charge on any atom is -0.511 e. The Bertz CT molecular complexity index is 997. The number of rotatable bonds is 6. The number of hydrogen-bond acceptors (Lipinski definition) is 4. The predicted octanol–water partition coefficient (Wildman–Crippen LogP) is 4.24. The average Bonchev–Trinajstić information content (AvgIpc) is 2.74. The second-order valence-corrected chi connectivity index (χ2v) is 7.41. The molecule has 1 aliphatic rings. The zero-order valence-corrected chi connectivity index (χ0v) is 17.5. The first kappa shape index (κ1) is 21.6. The number of ketones is 1. The molecule has 0 bridgehead atoms. The summed E-state index contributed by atoms with van der Waals surface area (Å²) >= 11 is 6.23. The monoisotopic (exact) mass is 425 g/mol. The number of allylic oxidation sites excluding steroid dienone is 2. The molecule has 2 aromatic rings. The van der Waals surface area contributed by atoms with Gasteiger partial charge >= 0.3 is 0 Å². The number of nitrogens with zero attached hydrogens (tertiary/aromatic N) is 2. The number of aliphatic hydroxyl groups is 1. The topological polar surface area (TPSA) is 97.3 Å². The van der Waals surface area contributed by atoms with Crippen molar-refractivity contribution in [3.63, 3.8) is 0 Å². The van der Waals surface area contributed by atoms with E-state index < -0.39 is 0 Å². The van der Waals surface area contributed by atoms with Gasteiger partial charge in [0.05, 0.1) is 12.7 Å². The molecule has 0 heterocycles. The van der Waals surface area contributed by atoms with Crippen LogP contribution in [0.3, 0.4) is 0 Å². The molecule has 2 aromatic carbocycles. The third-order valence-electron chi connectivity index (χ3n) is 4.99. The molecule has 6 nitrogen and oxygen atoms in total. The number of carbonyl (C=O) groups excluding carboxylic acids is 1. The van der Waals surface area contributed by atoms with Crippen molar-refractivity contribution in [3.8, 4) is 5.75 Å². The van der Waals surface area contributed by atoms with Crippen molar-refractivity contribution >= 4 is 29.6 Å². The number of hydrogen-bond donors (Lipinski definition) is 2. The lowest BCUT2D eigenvalue weighted by Crippen LogP contribution is -2.20. The van der Waals surface area contributed by atoms with Gasteiger partial charge in [0, 0.05) is 30.6 Å². The van der Waals surface area contributed by atoms with E-state index in [0.29, 0.717) is 24.4 Å². The number of Topliss-reactive ketones (excluding diaryl/α,β-unsaturated/α-hetero) is 1. The van der Waals surface area contributed by atoms with Crippen molar-refractivity contribution in [1.82, 2.24) is 0 Å². The molecule has 7 heteroatoms. The third kappa shape index (κ3) is 5.48. The number of carbonyl (C=O) groups is 1. The van der Waals surface area contributed by atoms with Gasteiger partial charge in [-0.3, -0.25) is 9.79 Å². The van der Waals surface area contributed by atoms with Crippen LogP contribution in [0, 0.1) is 0 Å². The Kier molecular flexibility index (Phi) is 7.25. The summed E-state index contributed by atoms with van der Waals surface area (Å²) in [5.41, 5.74) is 7.96. The maximum atomic E-state index is 12.5. The molecule has 0 saturated carbocycles. The Hall–Kier alpha value is -3.12. The van der Waals surface area contributed by atoms with Gasteiger partial charge in [0.2, 0.25) is 5.96 Å². The van der Waals surface area contributed by atoms with Gasteiger partial charge in [0.1, 0.15) is 11.5 Å². The summed E-state index contributed by atoms with van der Waals surface area (Å²) in [7, 11) is 1.62. The van der Waals surface area contributed by atoms with Gasteiger partial charge in [0.15, 0.2) is 5.78 Å². The van der Waals surface area contributed by atoms with E-state index in [1.54, 1.807) is 13.2 Å². The molecule has 0 aliphatic heterocycles. The number of ether oxygens (including phenoxy) is 1. The van der Waals surface area contributed by atoms with Crippen molar-refractivity contribution < 1.29 is 14.6 Å². The van der Waals surface area contributed by atoms with Gasteiger partial charge in [-0.2, -0.15) is 0 Å². The first-order valence-corrected chi connectivity index (χ1v) is 10.0. The minimum absolute atomic E-state index is 0.00838. The fourth-order valence-electron chi connectivity index (χ4n) is 3.35. The number of methoxy groups -OCH3 is 1. The smallest absolute Gasteiger partial charge is 0.215 e. The molecule has 0 amide bonds. The lowest BCUT2D eigenvalue weighted by Gasteiger charge is -2.23. The summed E-state index contributed by atoms with van der Waals surface area (Å²) in [5.74, 6) is 0.501. The van der Waals surface area contributed by atoms with Crippen LogP contribution in [0.1, 0.15) is 29.9 Å². The Morgan fingerprint density at radius 1 is 1.23 bits per heavy atom. The SMILES string of the molecule is COc1ccc(CCN=C(N)N=CC2=C(O)CC(c3ccccc3Cl)CC2=O)cc1. The molecule has 30 heavy (non-hydrogen) atoms. The van der Waals surface area contributed by atoms with Crippen LogP contribution in [-0.4, -0.2) is 36.7 Å². The highest BCUT2D eigenvalue weighted by molar-refractivity contribution is 6.31. The molecular formula is C23H24ClN3O3. The van der Waals surface area contributed by atoms with Crippen molar-refractivity contribution in [1.29, 1.82) is 0 Å². The molecule has 156 valence electrons. The van der Waals surface area contributed by atoms with E-state index in [1.165, 1.54) is 6.21 Å². The van der Waals surface area contributed by atoms with Crippen LogP contribution >= 0.6 is 11.6 Å². The van der Waals surface area contributed by atoms with Gasteiger partial charge < -0.3 is 15.6 Å². The van der Waals surface area contributed by atoms with Crippen molar-refractivity contribution in [2.45, 2.75) is 25.2 Å². The molecule has 0 fully saturated rings. The number of nitrogens with two attached hydrogens (primary N) is 1. The normalized spacial score (nSPS) is 17.6. The third-order valence-corrected chi connectivity index (χ3v) is 5.33. The fourth-order valence-corrected chi connectivity index (χ4v) is 3.64. The van der Waals surface area contributed by atoms with Crippen molar-refractivity contribution in [2.75, 3.05) is 13.7 Å². The van der Waals surface area contributed by atoms with Gasteiger partial charge in [-0.15, -0.1) is 0 Å². The molecule has 0 aromatic heterocycles. The zero-order chi connectivity index (χ0) is 21.5. The number of halogens is 1. The summed E-state index contributed by atoms with van der Waals surface area (Å²) in [5, 5.41) is 11.0. The van der Waals surface area contributed by atoms with E-state index in [-0.39, 0.29) is 35.4 Å². The second-order valence-electron chi connectivity index (χ2n) is 7.01. The zero-order valence-electron chi connectivity index (χ0n) is 16.7. The standard InChI is InChI=1S/C23H24ClN3O3/c1-30-17-8-6-15(7-9-17)10-11-26-23(25)27-14-19-21(28)12-16(13-22(19)29)18-4-2-3-5-20(18)24/h2-9,14,16,28H,10-13H2,1H3,(H2,25,26). The van der Waals surface area contributed by atoms with Crippen LogP contribution in [0.25, 0.3) is 0 Å². The highest BCUT2D eigenvalue weighted by atomic mass is 35.5. The molecule has 0 spiro atoms. The summed E-state index contributed by atoms with van der Waals surface area (Å²) in [6, 6.07) is 15.1. The molecule has 0 radical (unpaired) electrons.